The Labute approximate surface area is 145 Å². The minimum Gasteiger partial charge on any atom is -0.507 e. The highest BCUT2D eigenvalue weighted by Gasteiger charge is 2.40. The smallest absolute Gasteiger partial charge is 0.272 e. The van der Waals surface area contributed by atoms with Gasteiger partial charge in [0.1, 0.15) is 17.1 Å². The molecule has 0 saturated heterocycles. The number of H-pyrrole nitrogens is 1. The van der Waals surface area contributed by atoms with E-state index in [1.807, 2.05) is 12.1 Å². The first kappa shape index (κ1) is 15.4. The molecule has 0 radical (unpaired) electrons. The fourth-order valence-electron chi connectivity index (χ4n) is 3.47. The molecule has 0 bridgehead atoms. The second kappa shape index (κ2) is 5.77. The Morgan fingerprint density at radius 3 is 2.56 bits per heavy atom. The molecule has 2 aromatic carbocycles. The van der Waals surface area contributed by atoms with Gasteiger partial charge < -0.3 is 10.0 Å². The molecule has 25 heavy (non-hydrogen) atoms. The molecule has 1 aliphatic rings. The predicted molar refractivity (Wildman–Crippen MR) is 95.4 cm³/mol. The lowest BCUT2D eigenvalue weighted by Crippen LogP contribution is -2.24. The number of carbonyl (C=O) groups is 1. The number of phenolic OH excluding ortho intramolecular Hbond substituents is 1. The summed E-state index contributed by atoms with van der Waals surface area (Å²) in [7, 11) is 1.79. The van der Waals surface area contributed by atoms with Gasteiger partial charge in [-0.05, 0) is 29.7 Å². The van der Waals surface area contributed by atoms with Crippen molar-refractivity contribution in [3.63, 3.8) is 0 Å². The second-order valence-electron chi connectivity index (χ2n) is 6.29. The summed E-state index contributed by atoms with van der Waals surface area (Å²) in [4.78, 5) is 14.3. The summed E-state index contributed by atoms with van der Waals surface area (Å²) in [5.41, 5.74) is 4.84. The van der Waals surface area contributed by atoms with Crippen molar-refractivity contribution >= 4 is 5.91 Å². The summed E-state index contributed by atoms with van der Waals surface area (Å²) in [6.07, 6.45) is 0.972. The zero-order valence-electron chi connectivity index (χ0n) is 14.2. The van der Waals surface area contributed by atoms with Crippen molar-refractivity contribution in [1.82, 2.24) is 15.1 Å². The molecule has 4 rings (SSSR count). The van der Waals surface area contributed by atoms with Gasteiger partial charge in [-0.3, -0.25) is 9.89 Å². The Morgan fingerprint density at radius 1 is 1.16 bits per heavy atom. The van der Waals surface area contributed by atoms with Gasteiger partial charge in [0.2, 0.25) is 0 Å². The fraction of sp³-hybridized carbons (Fsp3) is 0.200. The van der Waals surface area contributed by atoms with E-state index in [9.17, 15) is 9.90 Å². The molecule has 1 aliphatic heterocycles. The number of carbonyl (C=O) groups excluding carboxylic acids is 1. The van der Waals surface area contributed by atoms with Crippen LogP contribution in [-0.4, -0.2) is 33.2 Å². The molecule has 0 fully saturated rings. The van der Waals surface area contributed by atoms with E-state index in [-0.39, 0.29) is 17.7 Å². The number of aromatic hydroxyl groups is 1. The third-order valence-corrected chi connectivity index (χ3v) is 4.86. The first-order valence-electron chi connectivity index (χ1n) is 8.34. The van der Waals surface area contributed by atoms with E-state index in [1.54, 1.807) is 24.1 Å². The average Bonchev–Trinajstić information content (AvgIpc) is 3.16. The van der Waals surface area contributed by atoms with Gasteiger partial charge in [-0.1, -0.05) is 43.3 Å². The van der Waals surface area contributed by atoms with Crippen LogP contribution in [0.1, 0.15) is 40.1 Å². The number of amides is 1. The number of para-hydroxylation sites is 1. The lowest BCUT2D eigenvalue weighted by molar-refractivity contribution is 0.0788. The van der Waals surface area contributed by atoms with Crippen LogP contribution in [0.2, 0.25) is 0 Å². The largest absolute Gasteiger partial charge is 0.507 e. The fourth-order valence-corrected chi connectivity index (χ4v) is 3.47. The first-order chi connectivity index (χ1) is 12.1. The zero-order chi connectivity index (χ0) is 17.6. The number of aryl methyl sites for hydroxylation is 1. The normalized spacial score (nSPS) is 16.3. The highest BCUT2D eigenvalue weighted by Crippen LogP contribution is 2.43. The number of hydrogen-bond acceptors (Lipinski definition) is 3. The molecule has 0 saturated carbocycles. The van der Waals surface area contributed by atoms with E-state index < -0.39 is 0 Å². The number of rotatable bonds is 3. The van der Waals surface area contributed by atoms with Crippen LogP contribution >= 0.6 is 0 Å². The van der Waals surface area contributed by atoms with Crippen LogP contribution in [0, 0.1) is 0 Å². The maximum Gasteiger partial charge on any atom is 0.272 e. The summed E-state index contributed by atoms with van der Waals surface area (Å²) in [5.74, 6) is 0.0626. The van der Waals surface area contributed by atoms with Crippen molar-refractivity contribution in [3.05, 3.63) is 70.9 Å². The van der Waals surface area contributed by atoms with Crippen LogP contribution in [-0.2, 0) is 6.42 Å². The monoisotopic (exact) mass is 333 g/mol. The minimum atomic E-state index is -0.221. The molecule has 1 aromatic heterocycles. The molecule has 1 atom stereocenters. The summed E-state index contributed by atoms with van der Waals surface area (Å²) in [6, 6.07) is 15.1. The molecule has 1 amide bonds. The van der Waals surface area contributed by atoms with Crippen molar-refractivity contribution in [2.45, 2.75) is 19.4 Å². The Hall–Kier alpha value is -3.08. The van der Waals surface area contributed by atoms with Gasteiger partial charge in [0.25, 0.3) is 5.91 Å². The van der Waals surface area contributed by atoms with E-state index in [2.05, 4.69) is 41.4 Å². The van der Waals surface area contributed by atoms with Gasteiger partial charge in [-0.25, -0.2) is 0 Å². The van der Waals surface area contributed by atoms with Gasteiger partial charge in [0, 0.05) is 18.2 Å². The van der Waals surface area contributed by atoms with E-state index >= 15 is 0 Å². The van der Waals surface area contributed by atoms with Gasteiger partial charge in [-0.15, -0.1) is 0 Å². The lowest BCUT2D eigenvalue weighted by atomic mass is 9.95. The number of nitrogens with one attached hydrogen (secondary N) is 1. The van der Waals surface area contributed by atoms with Gasteiger partial charge >= 0.3 is 0 Å². The Kier molecular flexibility index (Phi) is 3.57. The number of aromatic nitrogens is 2. The SMILES string of the molecule is CCc1ccc([C@H]2c3c(-c4ccccc4O)n[nH]c3C(=O)N2C)cc1. The molecule has 3 aromatic rings. The number of nitrogens with zero attached hydrogens (tertiary/aromatic N) is 2. The highest BCUT2D eigenvalue weighted by atomic mass is 16.3. The van der Waals surface area contributed by atoms with Crippen LogP contribution in [0.4, 0.5) is 0 Å². The predicted octanol–water partition coefficient (Wildman–Crippen LogP) is 3.52. The number of benzene rings is 2. The van der Waals surface area contributed by atoms with Crippen LogP contribution in [0.25, 0.3) is 11.3 Å². The number of aromatic amines is 1. The van der Waals surface area contributed by atoms with Gasteiger partial charge in [0.15, 0.2) is 0 Å². The van der Waals surface area contributed by atoms with Gasteiger partial charge in [-0.2, -0.15) is 5.10 Å². The maximum atomic E-state index is 12.6. The summed E-state index contributed by atoms with van der Waals surface area (Å²) in [6.45, 7) is 2.12. The van der Waals surface area contributed by atoms with Crippen molar-refractivity contribution in [2.75, 3.05) is 7.05 Å². The molecule has 126 valence electrons. The quantitative estimate of drug-likeness (QED) is 0.770. The maximum absolute atomic E-state index is 12.6. The molecule has 0 aliphatic carbocycles. The summed E-state index contributed by atoms with van der Waals surface area (Å²) < 4.78 is 0. The van der Waals surface area contributed by atoms with Crippen molar-refractivity contribution in [3.8, 4) is 17.0 Å². The molecule has 0 unspecified atom stereocenters. The third-order valence-electron chi connectivity index (χ3n) is 4.86. The Bertz CT molecular complexity index is 944. The molecule has 5 nitrogen and oxygen atoms in total. The topological polar surface area (TPSA) is 69.2 Å². The second-order valence-corrected chi connectivity index (χ2v) is 6.29. The summed E-state index contributed by atoms with van der Waals surface area (Å²) in [5, 5.41) is 17.4. The lowest BCUT2D eigenvalue weighted by Gasteiger charge is -2.22. The van der Waals surface area contributed by atoms with E-state index in [4.69, 9.17) is 0 Å². The third kappa shape index (κ3) is 2.31. The average molecular weight is 333 g/mol. The number of phenols is 1. The highest BCUT2D eigenvalue weighted by molar-refractivity contribution is 6.00. The number of hydrogen-bond donors (Lipinski definition) is 2. The molecular formula is C20H19N3O2. The van der Waals surface area contributed by atoms with Crippen LogP contribution in [0.3, 0.4) is 0 Å². The van der Waals surface area contributed by atoms with Crippen LogP contribution in [0.5, 0.6) is 5.75 Å². The Balaban J connectivity index is 1.88. The van der Waals surface area contributed by atoms with Crippen LogP contribution in [0.15, 0.2) is 48.5 Å². The first-order valence-corrected chi connectivity index (χ1v) is 8.34. The number of fused-ring (bicyclic) bond motifs is 1. The Morgan fingerprint density at radius 2 is 1.88 bits per heavy atom. The van der Waals surface area contributed by atoms with Crippen LogP contribution < -0.4 is 0 Å². The van der Waals surface area contributed by atoms with Crippen molar-refractivity contribution in [2.24, 2.45) is 0 Å². The van der Waals surface area contributed by atoms with E-state index in [0.29, 0.717) is 17.0 Å². The summed E-state index contributed by atoms with van der Waals surface area (Å²) >= 11 is 0. The van der Waals surface area contributed by atoms with Crippen molar-refractivity contribution < 1.29 is 9.90 Å². The standard InChI is InChI=1S/C20H19N3O2/c1-3-12-8-10-13(11-9-12)19-16-17(14-6-4-5-7-15(14)24)21-22-18(16)20(25)23(19)2/h4-11,19,24H,3H2,1-2H3,(H,21,22)/t19-/m0/s1. The molecular weight excluding hydrogens is 314 g/mol. The van der Waals surface area contributed by atoms with E-state index in [1.165, 1.54) is 5.56 Å². The molecule has 0 spiro atoms. The minimum absolute atomic E-state index is 0.0891. The van der Waals surface area contributed by atoms with Gasteiger partial charge in [0.05, 0.1) is 6.04 Å². The van der Waals surface area contributed by atoms with E-state index in [0.717, 1.165) is 17.5 Å². The molecule has 5 heteroatoms. The molecule has 2 heterocycles. The zero-order valence-corrected chi connectivity index (χ0v) is 14.2. The van der Waals surface area contributed by atoms with Crippen molar-refractivity contribution in [1.29, 1.82) is 0 Å². The molecule has 2 N–H and O–H groups in total.